The van der Waals surface area contributed by atoms with Crippen LogP contribution < -0.4 is 10.1 Å². The molecule has 2 saturated heterocycles. The molecule has 2 aliphatic rings. The molecule has 2 heterocycles. The Hall–Kier alpha value is -1.16. The minimum atomic E-state index is -0.489. The quantitative estimate of drug-likeness (QED) is 0.856. The number of fused-ring (bicyclic) bond motifs is 2. The summed E-state index contributed by atoms with van der Waals surface area (Å²) in [7, 11) is 0. The zero-order valence-corrected chi connectivity index (χ0v) is 9.46. The lowest BCUT2D eigenvalue weighted by molar-refractivity contribution is 0.131. The van der Waals surface area contributed by atoms with Crippen LogP contribution in [0.2, 0.25) is 0 Å². The van der Waals surface area contributed by atoms with Crippen molar-refractivity contribution in [2.75, 3.05) is 0 Å². The van der Waals surface area contributed by atoms with Crippen LogP contribution in [0.4, 0.5) is 8.78 Å². The van der Waals surface area contributed by atoms with Crippen molar-refractivity contribution in [1.82, 2.24) is 5.32 Å². The van der Waals surface area contributed by atoms with Gasteiger partial charge < -0.3 is 10.1 Å². The van der Waals surface area contributed by atoms with Gasteiger partial charge in [-0.15, -0.1) is 0 Å². The molecule has 1 aromatic rings. The average molecular weight is 239 g/mol. The third-order valence-electron chi connectivity index (χ3n) is 3.62. The molecule has 0 aromatic heterocycles. The van der Waals surface area contributed by atoms with Crippen LogP contribution in [0, 0.1) is 11.6 Å². The number of benzene rings is 1. The molecule has 1 N–H and O–H groups in total. The van der Waals surface area contributed by atoms with E-state index in [1.54, 1.807) is 0 Å². The number of nitrogens with one attached hydrogen (secondary N) is 1. The molecule has 0 amide bonds. The molecule has 0 saturated carbocycles. The smallest absolute Gasteiger partial charge is 0.165 e. The second-order valence-corrected chi connectivity index (χ2v) is 4.92. The van der Waals surface area contributed by atoms with Crippen molar-refractivity contribution in [3.63, 3.8) is 0 Å². The van der Waals surface area contributed by atoms with Crippen LogP contribution in [0.5, 0.6) is 5.75 Å². The fourth-order valence-electron chi connectivity index (χ4n) is 2.85. The molecule has 17 heavy (non-hydrogen) atoms. The Kier molecular flexibility index (Phi) is 2.74. The van der Waals surface area contributed by atoms with Gasteiger partial charge in [0.05, 0.1) is 0 Å². The van der Waals surface area contributed by atoms with Gasteiger partial charge in [-0.3, -0.25) is 0 Å². The van der Waals surface area contributed by atoms with E-state index in [-0.39, 0.29) is 11.9 Å². The summed E-state index contributed by atoms with van der Waals surface area (Å²) in [5, 5.41) is 3.48. The number of halogens is 2. The van der Waals surface area contributed by atoms with Gasteiger partial charge >= 0.3 is 0 Å². The molecule has 2 unspecified atom stereocenters. The summed E-state index contributed by atoms with van der Waals surface area (Å²) in [6, 6.07) is 4.30. The Labute approximate surface area is 99.0 Å². The molecule has 2 atom stereocenters. The summed E-state index contributed by atoms with van der Waals surface area (Å²) < 4.78 is 32.0. The lowest BCUT2D eigenvalue weighted by atomic mass is 10.0. The van der Waals surface area contributed by atoms with Crippen molar-refractivity contribution in [2.45, 2.75) is 43.9 Å². The van der Waals surface area contributed by atoms with E-state index >= 15 is 0 Å². The standard InChI is InChI=1S/C13H15F2NO/c14-8-1-4-12(15)13(5-8)17-11-6-9-2-3-10(7-11)16-9/h1,4-5,9-11,16H,2-3,6-7H2. The first-order valence-electron chi connectivity index (χ1n) is 6.08. The molecular weight excluding hydrogens is 224 g/mol. The molecular formula is C13H15F2NO. The van der Waals surface area contributed by atoms with Gasteiger partial charge in [-0.1, -0.05) is 0 Å². The maximum atomic E-state index is 13.4. The van der Waals surface area contributed by atoms with E-state index < -0.39 is 11.6 Å². The van der Waals surface area contributed by atoms with E-state index in [1.165, 1.54) is 0 Å². The Balaban J connectivity index is 1.72. The van der Waals surface area contributed by atoms with Crippen LogP contribution in [-0.4, -0.2) is 18.2 Å². The SMILES string of the molecule is Fc1ccc(F)c(OC2CC3CCC(C2)N3)c1. The zero-order chi connectivity index (χ0) is 11.8. The minimum Gasteiger partial charge on any atom is -0.487 e. The lowest BCUT2D eigenvalue weighted by Gasteiger charge is -2.29. The van der Waals surface area contributed by atoms with Crippen LogP contribution >= 0.6 is 0 Å². The normalized spacial score (nSPS) is 31.5. The highest BCUT2D eigenvalue weighted by molar-refractivity contribution is 5.25. The van der Waals surface area contributed by atoms with Gasteiger partial charge in [0.1, 0.15) is 11.9 Å². The number of piperidine rings is 1. The van der Waals surface area contributed by atoms with E-state index in [2.05, 4.69) is 5.32 Å². The Morgan fingerprint density at radius 3 is 2.53 bits per heavy atom. The largest absolute Gasteiger partial charge is 0.487 e. The van der Waals surface area contributed by atoms with E-state index in [0.29, 0.717) is 12.1 Å². The van der Waals surface area contributed by atoms with Crippen molar-refractivity contribution in [2.24, 2.45) is 0 Å². The molecule has 3 rings (SSSR count). The van der Waals surface area contributed by atoms with Gasteiger partial charge in [-0.2, -0.15) is 0 Å². The molecule has 0 spiro atoms. The molecule has 92 valence electrons. The van der Waals surface area contributed by atoms with Gasteiger partial charge in [0.25, 0.3) is 0 Å². The predicted octanol–water partition coefficient (Wildman–Crippen LogP) is 2.63. The van der Waals surface area contributed by atoms with Crippen molar-refractivity contribution < 1.29 is 13.5 Å². The molecule has 2 bridgehead atoms. The minimum absolute atomic E-state index is 0.00468. The average Bonchev–Trinajstić information content (AvgIpc) is 2.63. The summed E-state index contributed by atoms with van der Waals surface area (Å²) in [4.78, 5) is 0. The van der Waals surface area contributed by atoms with Crippen molar-refractivity contribution in [3.05, 3.63) is 29.8 Å². The van der Waals surface area contributed by atoms with Crippen LogP contribution in [0.3, 0.4) is 0 Å². The predicted molar refractivity (Wildman–Crippen MR) is 60.0 cm³/mol. The molecule has 2 nitrogen and oxygen atoms in total. The summed E-state index contributed by atoms with van der Waals surface area (Å²) in [5.41, 5.74) is 0. The first-order valence-corrected chi connectivity index (χ1v) is 6.08. The highest BCUT2D eigenvalue weighted by atomic mass is 19.1. The number of ether oxygens (including phenoxy) is 1. The number of hydrogen-bond acceptors (Lipinski definition) is 2. The van der Waals surface area contributed by atoms with E-state index in [4.69, 9.17) is 4.74 Å². The van der Waals surface area contributed by atoms with Crippen molar-refractivity contribution in [3.8, 4) is 5.75 Å². The molecule has 0 radical (unpaired) electrons. The highest BCUT2D eigenvalue weighted by Crippen LogP contribution is 2.30. The fourth-order valence-corrected chi connectivity index (χ4v) is 2.85. The van der Waals surface area contributed by atoms with E-state index in [9.17, 15) is 8.78 Å². The van der Waals surface area contributed by atoms with Crippen LogP contribution in [-0.2, 0) is 0 Å². The summed E-state index contributed by atoms with van der Waals surface area (Å²) in [5.74, 6) is -0.910. The molecule has 4 heteroatoms. The summed E-state index contributed by atoms with van der Waals surface area (Å²) >= 11 is 0. The Morgan fingerprint density at radius 1 is 1.12 bits per heavy atom. The van der Waals surface area contributed by atoms with Gasteiger partial charge in [0.2, 0.25) is 0 Å². The van der Waals surface area contributed by atoms with Crippen LogP contribution in [0.15, 0.2) is 18.2 Å². The van der Waals surface area contributed by atoms with Crippen LogP contribution in [0.25, 0.3) is 0 Å². The first kappa shape index (κ1) is 11.0. The monoisotopic (exact) mass is 239 g/mol. The van der Waals surface area contributed by atoms with Gasteiger partial charge in [0.15, 0.2) is 11.6 Å². The molecule has 0 aliphatic carbocycles. The fraction of sp³-hybridized carbons (Fsp3) is 0.538. The first-order chi connectivity index (χ1) is 8.20. The number of hydrogen-bond donors (Lipinski definition) is 1. The van der Waals surface area contributed by atoms with Gasteiger partial charge in [0, 0.05) is 18.2 Å². The highest BCUT2D eigenvalue weighted by Gasteiger charge is 2.34. The van der Waals surface area contributed by atoms with Crippen molar-refractivity contribution in [1.29, 1.82) is 0 Å². The maximum Gasteiger partial charge on any atom is 0.165 e. The third kappa shape index (κ3) is 2.27. The number of rotatable bonds is 2. The molecule has 2 aliphatic heterocycles. The third-order valence-corrected chi connectivity index (χ3v) is 3.62. The van der Waals surface area contributed by atoms with Crippen molar-refractivity contribution >= 4 is 0 Å². The lowest BCUT2D eigenvalue weighted by Crippen LogP contribution is -2.42. The zero-order valence-electron chi connectivity index (χ0n) is 9.46. The second kappa shape index (κ2) is 4.26. The van der Waals surface area contributed by atoms with E-state index in [0.717, 1.165) is 43.9 Å². The molecule has 2 fully saturated rings. The topological polar surface area (TPSA) is 21.3 Å². The Morgan fingerprint density at radius 2 is 1.82 bits per heavy atom. The van der Waals surface area contributed by atoms with Crippen LogP contribution in [0.1, 0.15) is 25.7 Å². The van der Waals surface area contributed by atoms with Gasteiger partial charge in [-0.05, 0) is 37.8 Å². The maximum absolute atomic E-state index is 13.4. The van der Waals surface area contributed by atoms with Gasteiger partial charge in [-0.25, -0.2) is 8.78 Å². The Bertz CT molecular complexity index is 412. The molecule has 1 aromatic carbocycles. The summed E-state index contributed by atoms with van der Waals surface area (Å²) in [6.45, 7) is 0. The summed E-state index contributed by atoms with van der Waals surface area (Å²) in [6.07, 6.45) is 4.09. The second-order valence-electron chi connectivity index (χ2n) is 4.92. The van der Waals surface area contributed by atoms with E-state index in [1.807, 2.05) is 0 Å².